The van der Waals surface area contributed by atoms with E-state index in [0.717, 1.165) is 5.56 Å². The number of morpholine rings is 1. The maximum atomic E-state index is 12.7. The molecule has 0 unspecified atom stereocenters. The van der Waals surface area contributed by atoms with Gasteiger partial charge in [0.2, 0.25) is 5.91 Å². The molecule has 2 fully saturated rings. The van der Waals surface area contributed by atoms with E-state index in [0.29, 0.717) is 45.9 Å². The largest absolute Gasteiger partial charge is 0.375 e. The second kappa shape index (κ2) is 8.51. The average molecular weight is 360 g/mol. The molecule has 2 aliphatic heterocycles. The van der Waals surface area contributed by atoms with Crippen LogP contribution in [-0.2, 0) is 16.1 Å². The third kappa shape index (κ3) is 4.34. The zero-order chi connectivity index (χ0) is 18.5. The third-order valence-electron chi connectivity index (χ3n) is 5.03. The Kier molecular flexibility index (Phi) is 6.11. The number of rotatable bonds is 3. The highest BCUT2D eigenvalue weighted by atomic mass is 16.5. The second-order valence-corrected chi connectivity index (χ2v) is 6.94. The van der Waals surface area contributed by atoms with E-state index >= 15 is 0 Å². The normalized spacial score (nSPS) is 23.6. The van der Waals surface area contributed by atoms with E-state index in [2.05, 4.69) is 5.32 Å². The van der Waals surface area contributed by atoms with Crippen LogP contribution in [0.3, 0.4) is 0 Å². The molecule has 2 atom stereocenters. The summed E-state index contributed by atoms with van der Waals surface area (Å²) in [6, 6.07) is 9.67. The number of hydrogen-bond donors (Lipinski definition) is 1. The predicted molar refractivity (Wildman–Crippen MR) is 98.7 cm³/mol. The van der Waals surface area contributed by atoms with Crippen LogP contribution in [0.5, 0.6) is 0 Å². The SMILES string of the molecule is C[C@H]1OCCN[C@@H]1C(=O)N1CCN(C(=O)N(C)Cc2ccccc2)CC1. The lowest BCUT2D eigenvalue weighted by Gasteiger charge is -2.39. The van der Waals surface area contributed by atoms with E-state index in [9.17, 15) is 9.59 Å². The molecule has 0 spiro atoms. The Morgan fingerprint density at radius 1 is 1.15 bits per heavy atom. The molecule has 0 aliphatic carbocycles. The highest BCUT2D eigenvalue weighted by Crippen LogP contribution is 2.12. The number of carbonyl (C=O) groups is 2. The molecule has 3 amide bonds. The molecule has 2 aliphatic rings. The zero-order valence-electron chi connectivity index (χ0n) is 15.6. The van der Waals surface area contributed by atoms with Gasteiger partial charge in [0.1, 0.15) is 6.04 Å². The quantitative estimate of drug-likeness (QED) is 0.864. The van der Waals surface area contributed by atoms with E-state index in [1.54, 1.807) is 4.90 Å². The van der Waals surface area contributed by atoms with Gasteiger partial charge in [-0.2, -0.15) is 0 Å². The number of urea groups is 1. The van der Waals surface area contributed by atoms with Crippen LogP contribution in [0, 0.1) is 0 Å². The first kappa shape index (κ1) is 18.7. The van der Waals surface area contributed by atoms with Gasteiger partial charge in [0, 0.05) is 46.3 Å². The first-order valence-corrected chi connectivity index (χ1v) is 9.24. The number of nitrogens with zero attached hydrogens (tertiary/aromatic N) is 3. The molecule has 0 bridgehead atoms. The van der Waals surface area contributed by atoms with E-state index in [1.165, 1.54) is 0 Å². The van der Waals surface area contributed by atoms with Crippen LogP contribution in [0.25, 0.3) is 0 Å². The standard InChI is InChI=1S/C19H28N4O3/c1-15-17(20-8-13-26-15)18(24)22-9-11-23(12-10-22)19(25)21(2)14-16-6-4-3-5-7-16/h3-7,15,17,20H,8-14H2,1-2H3/t15-,17+/m1/s1. The Morgan fingerprint density at radius 3 is 2.46 bits per heavy atom. The Morgan fingerprint density at radius 2 is 1.81 bits per heavy atom. The molecule has 1 N–H and O–H groups in total. The van der Waals surface area contributed by atoms with Crippen molar-refractivity contribution in [2.75, 3.05) is 46.4 Å². The van der Waals surface area contributed by atoms with Gasteiger partial charge in [-0.1, -0.05) is 30.3 Å². The number of ether oxygens (including phenoxy) is 1. The van der Waals surface area contributed by atoms with Gasteiger partial charge >= 0.3 is 6.03 Å². The number of piperazine rings is 1. The molecule has 2 heterocycles. The molecular weight excluding hydrogens is 332 g/mol. The fourth-order valence-corrected chi connectivity index (χ4v) is 3.49. The molecule has 26 heavy (non-hydrogen) atoms. The van der Waals surface area contributed by atoms with Crippen LogP contribution in [0.4, 0.5) is 4.79 Å². The summed E-state index contributed by atoms with van der Waals surface area (Å²) in [5, 5.41) is 3.24. The van der Waals surface area contributed by atoms with Crippen molar-refractivity contribution in [2.45, 2.75) is 25.6 Å². The van der Waals surface area contributed by atoms with Crippen molar-refractivity contribution in [1.29, 1.82) is 0 Å². The smallest absolute Gasteiger partial charge is 0.320 e. The number of nitrogens with one attached hydrogen (secondary N) is 1. The maximum absolute atomic E-state index is 12.7. The minimum absolute atomic E-state index is 0.00782. The first-order valence-electron chi connectivity index (χ1n) is 9.24. The fraction of sp³-hybridized carbons (Fsp3) is 0.579. The van der Waals surface area contributed by atoms with Gasteiger partial charge in [0.15, 0.2) is 0 Å². The zero-order valence-corrected chi connectivity index (χ0v) is 15.6. The summed E-state index contributed by atoms with van der Waals surface area (Å²) in [5.41, 5.74) is 1.11. The van der Waals surface area contributed by atoms with Crippen molar-refractivity contribution < 1.29 is 14.3 Å². The Balaban J connectivity index is 1.49. The lowest BCUT2D eigenvalue weighted by Crippen LogP contribution is -2.60. The van der Waals surface area contributed by atoms with Crippen LogP contribution in [0.2, 0.25) is 0 Å². The molecule has 0 saturated carbocycles. The molecule has 3 rings (SSSR count). The molecule has 2 saturated heterocycles. The Labute approximate surface area is 154 Å². The number of amides is 3. The third-order valence-corrected chi connectivity index (χ3v) is 5.03. The topological polar surface area (TPSA) is 65.1 Å². The van der Waals surface area contributed by atoms with Gasteiger partial charge in [0.05, 0.1) is 12.7 Å². The summed E-state index contributed by atoms with van der Waals surface area (Å²) in [6.45, 7) is 6.10. The number of benzene rings is 1. The predicted octanol–water partition coefficient (Wildman–Crippen LogP) is 0.760. The fourth-order valence-electron chi connectivity index (χ4n) is 3.49. The van der Waals surface area contributed by atoms with Gasteiger partial charge in [0.25, 0.3) is 0 Å². The van der Waals surface area contributed by atoms with Crippen molar-refractivity contribution in [3.63, 3.8) is 0 Å². The molecular formula is C19H28N4O3. The Hall–Kier alpha value is -2.12. The van der Waals surface area contributed by atoms with Gasteiger partial charge in [-0.05, 0) is 12.5 Å². The summed E-state index contributed by atoms with van der Waals surface area (Å²) in [6.07, 6.45) is -0.118. The van der Waals surface area contributed by atoms with Gasteiger partial charge in [-0.15, -0.1) is 0 Å². The molecule has 0 aromatic heterocycles. The molecule has 142 valence electrons. The van der Waals surface area contributed by atoms with Crippen molar-refractivity contribution in [3.05, 3.63) is 35.9 Å². The molecule has 7 nitrogen and oxygen atoms in total. The molecule has 7 heteroatoms. The average Bonchev–Trinajstić information content (AvgIpc) is 2.68. The van der Waals surface area contributed by atoms with Gasteiger partial charge in [-0.25, -0.2) is 4.79 Å². The van der Waals surface area contributed by atoms with Crippen LogP contribution >= 0.6 is 0 Å². The van der Waals surface area contributed by atoms with Crippen LogP contribution < -0.4 is 5.32 Å². The first-order chi connectivity index (χ1) is 12.6. The number of hydrogen-bond acceptors (Lipinski definition) is 4. The number of carbonyl (C=O) groups excluding carboxylic acids is 2. The lowest BCUT2D eigenvalue weighted by molar-refractivity contribution is -0.140. The van der Waals surface area contributed by atoms with Crippen molar-refractivity contribution in [3.8, 4) is 0 Å². The van der Waals surface area contributed by atoms with Gasteiger partial charge < -0.3 is 24.8 Å². The highest BCUT2D eigenvalue weighted by molar-refractivity contribution is 5.83. The van der Waals surface area contributed by atoms with E-state index in [4.69, 9.17) is 4.74 Å². The van der Waals surface area contributed by atoms with E-state index < -0.39 is 0 Å². The summed E-state index contributed by atoms with van der Waals surface area (Å²) >= 11 is 0. The van der Waals surface area contributed by atoms with Gasteiger partial charge in [-0.3, -0.25) is 4.79 Å². The molecule has 0 radical (unpaired) electrons. The summed E-state index contributed by atoms with van der Waals surface area (Å²) in [7, 11) is 1.82. The minimum atomic E-state index is -0.285. The summed E-state index contributed by atoms with van der Waals surface area (Å²) < 4.78 is 5.57. The van der Waals surface area contributed by atoms with Crippen molar-refractivity contribution >= 4 is 11.9 Å². The molecule has 1 aromatic rings. The van der Waals surface area contributed by atoms with Crippen LogP contribution in [-0.4, -0.2) is 85.2 Å². The van der Waals surface area contributed by atoms with Crippen molar-refractivity contribution in [1.82, 2.24) is 20.0 Å². The van der Waals surface area contributed by atoms with Crippen molar-refractivity contribution in [2.24, 2.45) is 0 Å². The summed E-state index contributed by atoms with van der Waals surface area (Å²) in [4.78, 5) is 30.7. The second-order valence-electron chi connectivity index (χ2n) is 6.94. The van der Waals surface area contributed by atoms with Crippen LogP contribution in [0.1, 0.15) is 12.5 Å². The monoisotopic (exact) mass is 360 g/mol. The maximum Gasteiger partial charge on any atom is 0.320 e. The lowest BCUT2D eigenvalue weighted by atomic mass is 10.1. The van der Waals surface area contributed by atoms with E-state index in [1.807, 2.05) is 54.1 Å². The molecule has 1 aromatic carbocycles. The van der Waals surface area contributed by atoms with E-state index in [-0.39, 0.29) is 24.1 Å². The highest BCUT2D eigenvalue weighted by Gasteiger charge is 2.34. The van der Waals surface area contributed by atoms with Crippen LogP contribution in [0.15, 0.2) is 30.3 Å². The minimum Gasteiger partial charge on any atom is -0.375 e. The summed E-state index contributed by atoms with van der Waals surface area (Å²) in [5.74, 6) is 0.0712. The Bertz CT molecular complexity index is 616.